The van der Waals surface area contributed by atoms with Crippen molar-refractivity contribution in [2.75, 3.05) is 27.2 Å². The van der Waals surface area contributed by atoms with Gasteiger partial charge in [-0.1, -0.05) is 27.2 Å². The molecule has 0 aliphatic heterocycles. The van der Waals surface area contributed by atoms with Crippen molar-refractivity contribution in [1.82, 2.24) is 10.2 Å². The van der Waals surface area contributed by atoms with E-state index in [1.807, 2.05) is 0 Å². The molecule has 2 heteroatoms. The fourth-order valence-electron chi connectivity index (χ4n) is 3.23. The van der Waals surface area contributed by atoms with Crippen LogP contribution in [-0.2, 0) is 0 Å². The van der Waals surface area contributed by atoms with E-state index in [4.69, 9.17) is 0 Å². The molecule has 0 radical (unpaired) electrons. The first-order chi connectivity index (χ1) is 7.98. The van der Waals surface area contributed by atoms with Crippen molar-refractivity contribution >= 4 is 0 Å². The average molecular weight is 240 g/mol. The third-order valence-electron chi connectivity index (χ3n) is 4.33. The lowest BCUT2D eigenvalue weighted by Crippen LogP contribution is -2.45. The summed E-state index contributed by atoms with van der Waals surface area (Å²) in [5.74, 6) is 0.825. The van der Waals surface area contributed by atoms with Gasteiger partial charge in [0, 0.05) is 12.6 Å². The Labute approximate surface area is 108 Å². The van der Waals surface area contributed by atoms with Crippen molar-refractivity contribution in [2.24, 2.45) is 11.3 Å². The normalized spacial score (nSPS) is 28.6. The molecule has 17 heavy (non-hydrogen) atoms. The minimum absolute atomic E-state index is 0.545. The maximum absolute atomic E-state index is 3.53. The Bertz CT molecular complexity index is 213. The number of unbranched alkanes of at least 4 members (excludes halogenated alkanes) is 1. The minimum Gasteiger partial charge on any atom is -0.317 e. The molecule has 2 unspecified atom stereocenters. The summed E-state index contributed by atoms with van der Waals surface area (Å²) < 4.78 is 0. The second-order valence-corrected chi connectivity index (χ2v) is 6.68. The van der Waals surface area contributed by atoms with E-state index in [1.54, 1.807) is 0 Å². The van der Waals surface area contributed by atoms with Crippen LogP contribution in [0.3, 0.4) is 0 Å². The zero-order valence-corrected chi connectivity index (χ0v) is 12.6. The first-order valence-electron chi connectivity index (χ1n) is 7.34. The average Bonchev–Trinajstić information content (AvgIpc) is 2.25. The Morgan fingerprint density at radius 1 is 1.35 bits per heavy atom. The standard InChI is InChI=1S/C15H32N2/c1-6-7-10-17(5)12-13-11-15(2,3)9-8-14(13)16-4/h13-14,16H,6-12H2,1-5H3. The minimum atomic E-state index is 0.545. The molecule has 1 aliphatic carbocycles. The highest BCUT2D eigenvalue weighted by Gasteiger charge is 2.34. The van der Waals surface area contributed by atoms with Crippen LogP contribution in [0.2, 0.25) is 0 Å². The zero-order valence-electron chi connectivity index (χ0n) is 12.6. The van der Waals surface area contributed by atoms with Gasteiger partial charge in [0.05, 0.1) is 0 Å². The summed E-state index contributed by atoms with van der Waals surface area (Å²) >= 11 is 0. The number of nitrogens with one attached hydrogen (secondary N) is 1. The van der Waals surface area contributed by atoms with Gasteiger partial charge in [0.2, 0.25) is 0 Å². The summed E-state index contributed by atoms with van der Waals surface area (Å²) in [4.78, 5) is 2.53. The molecule has 0 heterocycles. The van der Waals surface area contributed by atoms with E-state index in [2.05, 4.69) is 45.1 Å². The van der Waals surface area contributed by atoms with Crippen LogP contribution in [-0.4, -0.2) is 38.1 Å². The van der Waals surface area contributed by atoms with Gasteiger partial charge in [-0.05, 0) is 57.7 Å². The Kier molecular flexibility index (Phi) is 5.94. The number of nitrogens with zero attached hydrogens (tertiary/aromatic N) is 1. The van der Waals surface area contributed by atoms with Crippen LogP contribution < -0.4 is 5.32 Å². The highest BCUT2D eigenvalue weighted by atomic mass is 15.1. The maximum Gasteiger partial charge on any atom is 0.0105 e. The fraction of sp³-hybridized carbons (Fsp3) is 1.00. The molecule has 0 aromatic carbocycles. The van der Waals surface area contributed by atoms with Gasteiger partial charge in [-0.3, -0.25) is 0 Å². The summed E-state index contributed by atoms with van der Waals surface area (Å²) in [5, 5.41) is 3.53. The van der Waals surface area contributed by atoms with Crippen molar-refractivity contribution in [1.29, 1.82) is 0 Å². The second kappa shape index (κ2) is 6.75. The molecule has 0 bridgehead atoms. The van der Waals surface area contributed by atoms with Crippen LogP contribution in [0.15, 0.2) is 0 Å². The van der Waals surface area contributed by atoms with E-state index in [1.165, 1.54) is 45.2 Å². The van der Waals surface area contributed by atoms with E-state index in [0.717, 1.165) is 12.0 Å². The van der Waals surface area contributed by atoms with Crippen LogP contribution in [0.25, 0.3) is 0 Å². The quantitative estimate of drug-likeness (QED) is 0.767. The molecule has 1 fully saturated rings. The highest BCUT2D eigenvalue weighted by Crippen LogP contribution is 2.38. The highest BCUT2D eigenvalue weighted by molar-refractivity contribution is 4.89. The third kappa shape index (κ3) is 4.97. The van der Waals surface area contributed by atoms with E-state index in [-0.39, 0.29) is 0 Å². The van der Waals surface area contributed by atoms with Crippen molar-refractivity contribution in [3.8, 4) is 0 Å². The van der Waals surface area contributed by atoms with E-state index in [0.29, 0.717) is 5.41 Å². The predicted molar refractivity (Wildman–Crippen MR) is 76.4 cm³/mol. The van der Waals surface area contributed by atoms with E-state index in [9.17, 15) is 0 Å². The van der Waals surface area contributed by atoms with Crippen molar-refractivity contribution in [2.45, 2.75) is 58.9 Å². The molecule has 1 saturated carbocycles. The molecule has 0 aromatic heterocycles. The molecule has 0 aromatic rings. The first kappa shape index (κ1) is 15.0. The van der Waals surface area contributed by atoms with Crippen LogP contribution in [0.4, 0.5) is 0 Å². The molecule has 0 amide bonds. The van der Waals surface area contributed by atoms with Crippen LogP contribution in [0.5, 0.6) is 0 Å². The Balaban J connectivity index is 2.46. The zero-order chi connectivity index (χ0) is 12.9. The first-order valence-corrected chi connectivity index (χ1v) is 7.34. The SMILES string of the molecule is CCCCN(C)CC1CC(C)(C)CCC1NC. The molecule has 1 aliphatic rings. The summed E-state index contributed by atoms with van der Waals surface area (Å²) in [6.07, 6.45) is 6.71. The Morgan fingerprint density at radius 3 is 2.65 bits per heavy atom. The lowest BCUT2D eigenvalue weighted by molar-refractivity contribution is 0.112. The lowest BCUT2D eigenvalue weighted by Gasteiger charge is -2.42. The maximum atomic E-state index is 3.53. The van der Waals surface area contributed by atoms with Gasteiger partial charge in [-0.15, -0.1) is 0 Å². The third-order valence-corrected chi connectivity index (χ3v) is 4.33. The number of hydrogen-bond acceptors (Lipinski definition) is 2. The van der Waals surface area contributed by atoms with E-state index >= 15 is 0 Å². The molecular weight excluding hydrogens is 208 g/mol. The smallest absolute Gasteiger partial charge is 0.0105 e. The molecule has 1 rings (SSSR count). The van der Waals surface area contributed by atoms with Gasteiger partial charge >= 0.3 is 0 Å². The van der Waals surface area contributed by atoms with Gasteiger partial charge in [0.25, 0.3) is 0 Å². The van der Waals surface area contributed by atoms with Gasteiger partial charge < -0.3 is 10.2 Å². The summed E-state index contributed by atoms with van der Waals surface area (Å²) in [5.41, 5.74) is 0.545. The van der Waals surface area contributed by atoms with Gasteiger partial charge in [-0.25, -0.2) is 0 Å². The molecule has 102 valence electrons. The molecule has 2 atom stereocenters. The largest absolute Gasteiger partial charge is 0.317 e. The predicted octanol–water partition coefficient (Wildman–Crippen LogP) is 3.13. The fourth-order valence-corrected chi connectivity index (χ4v) is 3.23. The summed E-state index contributed by atoms with van der Waals surface area (Å²) in [6.45, 7) is 9.64. The van der Waals surface area contributed by atoms with Crippen molar-refractivity contribution in [3.63, 3.8) is 0 Å². The topological polar surface area (TPSA) is 15.3 Å². The van der Waals surface area contributed by atoms with Gasteiger partial charge in [0.1, 0.15) is 0 Å². The van der Waals surface area contributed by atoms with Crippen LogP contribution >= 0.6 is 0 Å². The number of hydrogen-bond donors (Lipinski definition) is 1. The van der Waals surface area contributed by atoms with Crippen molar-refractivity contribution in [3.05, 3.63) is 0 Å². The van der Waals surface area contributed by atoms with Gasteiger partial charge in [0.15, 0.2) is 0 Å². The molecule has 1 N–H and O–H groups in total. The van der Waals surface area contributed by atoms with Crippen LogP contribution in [0, 0.1) is 11.3 Å². The number of rotatable bonds is 6. The molecule has 0 saturated heterocycles. The van der Waals surface area contributed by atoms with Crippen LogP contribution in [0.1, 0.15) is 52.9 Å². The van der Waals surface area contributed by atoms with Gasteiger partial charge in [-0.2, -0.15) is 0 Å². The molecule has 2 nitrogen and oxygen atoms in total. The summed E-state index contributed by atoms with van der Waals surface area (Å²) in [7, 11) is 4.41. The monoisotopic (exact) mass is 240 g/mol. The van der Waals surface area contributed by atoms with Crippen molar-refractivity contribution < 1.29 is 0 Å². The Hall–Kier alpha value is -0.0800. The molecule has 0 spiro atoms. The van der Waals surface area contributed by atoms with E-state index < -0.39 is 0 Å². The Morgan fingerprint density at radius 2 is 2.06 bits per heavy atom. The lowest BCUT2D eigenvalue weighted by atomic mass is 9.70. The molecular formula is C15H32N2. The summed E-state index contributed by atoms with van der Waals surface area (Å²) in [6, 6.07) is 0.729. The second-order valence-electron chi connectivity index (χ2n) is 6.68.